The van der Waals surface area contributed by atoms with Crippen molar-refractivity contribution in [2.45, 2.75) is 32.7 Å². The fraction of sp³-hybridized carbons (Fsp3) is 0.611. The van der Waals surface area contributed by atoms with Gasteiger partial charge in [0.25, 0.3) is 0 Å². The Morgan fingerprint density at radius 1 is 1.40 bits per heavy atom. The second-order valence-electron chi connectivity index (χ2n) is 7.24. The number of carbonyl (C=O) groups is 2. The zero-order chi connectivity index (χ0) is 18.0. The molecule has 25 heavy (non-hydrogen) atoms. The summed E-state index contributed by atoms with van der Waals surface area (Å²) >= 11 is 0. The first-order chi connectivity index (χ1) is 11.9. The average molecular weight is 348 g/mol. The number of rotatable bonds is 5. The summed E-state index contributed by atoms with van der Waals surface area (Å²) < 4.78 is 13.1. The number of pyridine rings is 1. The van der Waals surface area contributed by atoms with Crippen LogP contribution in [-0.4, -0.2) is 53.9 Å². The zero-order valence-electron chi connectivity index (χ0n) is 14.7. The van der Waals surface area contributed by atoms with Crippen molar-refractivity contribution in [3.05, 3.63) is 24.1 Å². The molecule has 0 aliphatic carbocycles. The molecule has 2 aliphatic rings. The van der Waals surface area contributed by atoms with Gasteiger partial charge < -0.3 is 15.1 Å². The maximum atomic E-state index is 13.1. The maximum Gasteiger partial charge on any atom is 0.239 e. The van der Waals surface area contributed by atoms with E-state index in [4.69, 9.17) is 0 Å². The molecule has 7 heteroatoms. The number of hydrogen-bond acceptors (Lipinski definition) is 4. The smallest absolute Gasteiger partial charge is 0.239 e. The summed E-state index contributed by atoms with van der Waals surface area (Å²) in [5.41, 5.74) is 0. The minimum atomic E-state index is -0.358. The number of halogens is 1. The van der Waals surface area contributed by atoms with Crippen LogP contribution in [0.15, 0.2) is 18.3 Å². The van der Waals surface area contributed by atoms with Gasteiger partial charge in [-0.1, -0.05) is 13.8 Å². The first-order valence-electron chi connectivity index (χ1n) is 8.87. The number of aromatic nitrogens is 1. The van der Waals surface area contributed by atoms with Gasteiger partial charge >= 0.3 is 0 Å². The Bertz CT molecular complexity index is 634. The molecule has 0 spiro atoms. The van der Waals surface area contributed by atoms with Crippen molar-refractivity contribution in [1.29, 1.82) is 0 Å². The third-order valence-electron chi connectivity index (χ3n) is 5.11. The van der Waals surface area contributed by atoms with Gasteiger partial charge in [-0.05, 0) is 24.5 Å². The van der Waals surface area contributed by atoms with Crippen LogP contribution in [-0.2, 0) is 9.59 Å². The summed E-state index contributed by atoms with van der Waals surface area (Å²) in [6.07, 6.45) is 2.58. The number of nitrogens with one attached hydrogen (secondary N) is 1. The molecular formula is C18H25FN4O2. The highest BCUT2D eigenvalue weighted by molar-refractivity contribution is 5.86. The molecule has 136 valence electrons. The third kappa shape index (κ3) is 4.08. The van der Waals surface area contributed by atoms with E-state index < -0.39 is 0 Å². The molecule has 3 heterocycles. The highest BCUT2D eigenvalue weighted by Crippen LogP contribution is 2.27. The van der Waals surface area contributed by atoms with Crippen LogP contribution < -0.4 is 10.2 Å². The van der Waals surface area contributed by atoms with Gasteiger partial charge in [0.15, 0.2) is 0 Å². The lowest BCUT2D eigenvalue weighted by molar-refractivity contribution is -0.133. The number of hydrogen-bond donors (Lipinski definition) is 1. The van der Waals surface area contributed by atoms with Crippen LogP contribution in [0.5, 0.6) is 0 Å². The summed E-state index contributed by atoms with van der Waals surface area (Å²) in [5.74, 6) is 0.982. The van der Waals surface area contributed by atoms with Crippen molar-refractivity contribution < 1.29 is 14.0 Å². The Morgan fingerprint density at radius 2 is 2.20 bits per heavy atom. The second kappa shape index (κ2) is 7.37. The molecule has 1 aromatic heterocycles. The van der Waals surface area contributed by atoms with E-state index in [1.807, 2.05) is 0 Å². The first kappa shape index (κ1) is 17.6. The molecule has 3 rings (SSSR count). The van der Waals surface area contributed by atoms with Crippen LogP contribution in [0.2, 0.25) is 0 Å². The Labute approximate surface area is 147 Å². The molecular weight excluding hydrogens is 323 g/mol. The largest absolute Gasteiger partial charge is 0.354 e. The van der Waals surface area contributed by atoms with E-state index in [9.17, 15) is 14.0 Å². The summed E-state index contributed by atoms with van der Waals surface area (Å²) in [6.45, 7) is 6.47. The Morgan fingerprint density at radius 3 is 2.80 bits per heavy atom. The topological polar surface area (TPSA) is 65.5 Å². The number of amides is 2. The molecule has 1 N–H and O–H groups in total. The maximum absolute atomic E-state index is 13.1. The third-order valence-corrected chi connectivity index (χ3v) is 5.11. The van der Waals surface area contributed by atoms with Gasteiger partial charge in [-0.3, -0.25) is 9.59 Å². The van der Waals surface area contributed by atoms with Gasteiger partial charge in [-0.25, -0.2) is 9.37 Å². The summed E-state index contributed by atoms with van der Waals surface area (Å²) in [6, 6.07) is 3.06. The molecule has 2 amide bonds. The molecule has 0 saturated carbocycles. The van der Waals surface area contributed by atoms with Crippen LogP contribution in [0.3, 0.4) is 0 Å². The lowest BCUT2D eigenvalue weighted by Crippen LogP contribution is -2.46. The van der Waals surface area contributed by atoms with Crippen molar-refractivity contribution in [2.75, 3.05) is 31.1 Å². The van der Waals surface area contributed by atoms with Crippen LogP contribution in [0.1, 0.15) is 26.7 Å². The van der Waals surface area contributed by atoms with E-state index in [1.54, 1.807) is 11.0 Å². The van der Waals surface area contributed by atoms with Crippen molar-refractivity contribution >= 4 is 17.6 Å². The first-order valence-corrected chi connectivity index (χ1v) is 8.87. The number of carbonyl (C=O) groups excluding carboxylic acids is 2. The molecule has 0 radical (unpaired) electrons. The van der Waals surface area contributed by atoms with E-state index in [-0.39, 0.29) is 36.1 Å². The van der Waals surface area contributed by atoms with E-state index in [2.05, 4.69) is 29.0 Å². The Kier molecular flexibility index (Phi) is 5.20. The van der Waals surface area contributed by atoms with Gasteiger partial charge in [-0.2, -0.15) is 0 Å². The summed E-state index contributed by atoms with van der Waals surface area (Å²) in [5, 5.41) is 3.09. The van der Waals surface area contributed by atoms with Crippen molar-refractivity contribution in [1.82, 2.24) is 15.2 Å². The van der Waals surface area contributed by atoms with Crippen molar-refractivity contribution in [3.8, 4) is 0 Å². The number of likely N-dealkylation sites (tertiary alicyclic amines) is 1. The van der Waals surface area contributed by atoms with E-state index in [0.29, 0.717) is 25.4 Å². The molecule has 2 fully saturated rings. The molecule has 6 nitrogen and oxygen atoms in total. The standard InChI is InChI=1S/C18H25FN4O2/c1-12(2)14-9-23(16-6-5-13(19)8-20-16)10-15(14)21-17(24)11-22-7-3-4-18(22)25/h5-6,8,12,14-15H,3-4,7,9-11H2,1-2H3,(H,21,24)/t14-,15+/m0/s1. The second-order valence-corrected chi connectivity index (χ2v) is 7.24. The normalized spacial score (nSPS) is 23.6. The van der Waals surface area contributed by atoms with Gasteiger partial charge in [0.2, 0.25) is 11.8 Å². The molecule has 2 aliphatic heterocycles. The number of anilines is 1. The van der Waals surface area contributed by atoms with Crippen LogP contribution in [0.4, 0.5) is 10.2 Å². The zero-order valence-corrected chi connectivity index (χ0v) is 14.7. The lowest BCUT2D eigenvalue weighted by atomic mass is 9.91. The molecule has 2 saturated heterocycles. The lowest BCUT2D eigenvalue weighted by Gasteiger charge is -2.24. The van der Waals surface area contributed by atoms with Crippen molar-refractivity contribution in [2.24, 2.45) is 11.8 Å². The van der Waals surface area contributed by atoms with Crippen molar-refractivity contribution in [3.63, 3.8) is 0 Å². The highest BCUT2D eigenvalue weighted by Gasteiger charge is 2.36. The average Bonchev–Trinajstić information content (AvgIpc) is 3.15. The monoisotopic (exact) mass is 348 g/mol. The highest BCUT2D eigenvalue weighted by atomic mass is 19.1. The predicted molar refractivity (Wildman–Crippen MR) is 92.5 cm³/mol. The summed E-state index contributed by atoms with van der Waals surface area (Å²) in [7, 11) is 0. The molecule has 1 aromatic rings. The molecule has 0 unspecified atom stereocenters. The van der Waals surface area contributed by atoms with E-state index >= 15 is 0 Å². The quantitative estimate of drug-likeness (QED) is 0.874. The van der Waals surface area contributed by atoms with Gasteiger partial charge in [0.05, 0.1) is 18.8 Å². The minimum Gasteiger partial charge on any atom is -0.354 e. The molecule has 2 atom stereocenters. The Hall–Kier alpha value is -2.18. The van der Waals surface area contributed by atoms with Gasteiger partial charge in [0.1, 0.15) is 11.6 Å². The van der Waals surface area contributed by atoms with Crippen LogP contribution >= 0.6 is 0 Å². The van der Waals surface area contributed by atoms with Gasteiger partial charge in [-0.15, -0.1) is 0 Å². The summed E-state index contributed by atoms with van der Waals surface area (Å²) in [4.78, 5) is 31.9. The molecule has 0 bridgehead atoms. The SMILES string of the molecule is CC(C)[C@@H]1CN(c2ccc(F)cn2)C[C@H]1NC(=O)CN1CCCC1=O. The molecule has 0 aromatic carbocycles. The Balaban J connectivity index is 1.63. The van der Waals surface area contributed by atoms with E-state index in [1.165, 1.54) is 12.3 Å². The van der Waals surface area contributed by atoms with Crippen LogP contribution in [0.25, 0.3) is 0 Å². The van der Waals surface area contributed by atoms with E-state index in [0.717, 1.165) is 18.8 Å². The van der Waals surface area contributed by atoms with Gasteiger partial charge in [0, 0.05) is 32.0 Å². The van der Waals surface area contributed by atoms with Crippen LogP contribution in [0, 0.1) is 17.7 Å². The minimum absolute atomic E-state index is 0.00272. The fourth-order valence-corrected chi connectivity index (χ4v) is 3.70. The predicted octanol–water partition coefficient (Wildman–Crippen LogP) is 1.42. The number of nitrogens with zero attached hydrogens (tertiary/aromatic N) is 3. The fourth-order valence-electron chi connectivity index (χ4n) is 3.70.